The molecule has 0 bridgehead atoms. The molecule has 0 radical (unpaired) electrons. The van der Waals surface area contributed by atoms with Gasteiger partial charge < -0.3 is 5.11 Å². The highest BCUT2D eigenvalue weighted by molar-refractivity contribution is 7.99. The predicted octanol–water partition coefficient (Wildman–Crippen LogP) is 3.01. The monoisotopic (exact) mass is 246 g/mol. The van der Waals surface area contributed by atoms with E-state index >= 15 is 0 Å². The molecular weight excluding hydrogens is 230 g/mol. The standard InChI is InChI=1S/C12H16F2OS/c1-2-16-6-5-10(15)7-9-3-4-11(13)12(14)8-9/h3-4,8,10,15H,2,5-7H2,1H3. The molecule has 0 spiro atoms. The number of rotatable bonds is 6. The van der Waals surface area contributed by atoms with Crippen LogP contribution < -0.4 is 0 Å². The normalized spacial score (nSPS) is 12.8. The van der Waals surface area contributed by atoms with E-state index in [0.717, 1.165) is 23.6 Å². The molecule has 1 atom stereocenters. The highest BCUT2D eigenvalue weighted by Crippen LogP contribution is 2.13. The van der Waals surface area contributed by atoms with E-state index in [1.54, 1.807) is 11.8 Å². The van der Waals surface area contributed by atoms with E-state index < -0.39 is 17.7 Å². The number of aliphatic hydroxyl groups excluding tert-OH is 1. The van der Waals surface area contributed by atoms with E-state index in [4.69, 9.17) is 0 Å². The van der Waals surface area contributed by atoms with Crippen LogP contribution in [0.25, 0.3) is 0 Å². The molecule has 0 saturated carbocycles. The first-order valence-corrected chi connectivity index (χ1v) is 6.48. The van der Waals surface area contributed by atoms with Gasteiger partial charge in [0.15, 0.2) is 11.6 Å². The fraction of sp³-hybridized carbons (Fsp3) is 0.500. The third kappa shape index (κ3) is 4.49. The van der Waals surface area contributed by atoms with Crippen LogP contribution in [0.2, 0.25) is 0 Å². The Morgan fingerprint density at radius 1 is 1.31 bits per heavy atom. The molecule has 1 rings (SSSR count). The second-order valence-corrected chi connectivity index (χ2v) is 4.99. The summed E-state index contributed by atoms with van der Waals surface area (Å²) in [7, 11) is 0. The SMILES string of the molecule is CCSCCC(O)Cc1ccc(F)c(F)c1. The van der Waals surface area contributed by atoms with Crippen molar-refractivity contribution in [3.05, 3.63) is 35.4 Å². The average Bonchev–Trinajstić information content (AvgIpc) is 2.24. The molecule has 16 heavy (non-hydrogen) atoms. The summed E-state index contributed by atoms with van der Waals surface area (Å²) in [6.07, 6.45) is 0.572. The predicted molar refractivity (Wildman–Crippen MR) is 63.7 cm³/mol. The first-order chi connectivity index (χ1) is 7.63. The first kappa shape index (κ1) is 13.5. The van der Waals surface area contributed by atoms with E-state index in [0.29, 0.717) is 18.4 Å². The molecule has 0 amide bonds. The summed E-state index contributed by atoms with van der Waals surface area (Å²) < 4.78 is 25.5. The molecule has 0 aromatic heterocycles. The van der Waals surface area contributed by atoms with Gasteiger partial charge in [-0.25, -0.2) is 8.78 Å². The molecule has 0 aliphatic heterocycles. The third-order valence-electron chi connectivity index (χ3n) is 2.25. The van der Waals surface area contributed by atoms with Crippen LogP contribution in [-0.2, 0) is 6.42 Å². The second kappa shape index (κ2) is 6.86. The van der Waals surface area contributed by atoms with E-state index in [9.17, 15) is 13.9 Å². The molecule has 1 unspecified atom stereocenters. The van der Waals surface area contributed by atoms with Crippen molar-refractivity contribution in [1.82, 2.24) is 0 Å². The maximum absolute atomic E-state index is 12.9. The van der Waals surface area contributed by atoms with Crippen molar-refractivity contribution in [2.45, 2.75) is 25.9 Å². The molecule has 4 heteroatoms. The Morgan fingerprint density at radius 3 is 2.69 bits per heavy atom. The van der Waals surface area contributed by atoms with Gasteiger partial charge in [0.1, 0.15) is 0 Å². The van der Waals surface area contributed by atoms with Crippen molar-refractivity contribution >= 4 is 11.8 Å². The number of halogens is 2. The maximum Gasteiger partial charge on any atom is 0.159 e. The zero-order valence-electron chi connectivity index (χ0n) is 9.25. The van der Waals surface area contributed by atoms with Gasteiger partial charge in [-0.3, -0.25) is 0 Å². The lowest BCUT2D eigenvalue weighted by Crippen LogP contribution is -2.11. The van der Waals surface area contributed by atoms with Crippen LogP contribution in [0.3, 0.4) is 0 Å². The lowest BCUT2D eigenvalue weighted by molar-refractivity contribution is 0.172. The molecule has 1 aromatic carbocycles. The number of hydrogen-bond acceptors (Lipinski definition) is 2. The summed E-state index contributed by atoms with van der Waals surface area (Å²) in [6, 6.07) is 3.75. The van der Waals surface area contributed by atoms with Crippen LogP contribution in [0.5, 0.6) is 0 Å². The number of thioether (sulfide) groups is 1. The highest BCUT2D eigenvalue weighted by Gasteiger charge is 2.08. The van der Waals surface area contributed by atoms with Crippen LogP contribution in [0.1, 0.15) is 18.9 Å². The Hall–Kier alpha value is -0.610. The molecule has 0 aliphatic carbocycles. The van der Waals surface area contributed by atoms with E-state index in [2.05, 4.69) is 6.92 Å². The summed E-state index contributed by atoms with van der Waals surface area (Å²) in [5, 5.41) is 9.66. The number of benzene rings is 1. The third-order valence-corrected chi connectivity index (χ3v) is 3.19. The Bertz CT molecular complexity index is 331. The Morgan fingerprint density at radius 2 is 2.06 bits per heavy atom. The van der Waals surface area contributed by atoms with E-state index in [-0.39, 0.29) is 0 Å². The van der Waals surface area contributed by atoms with Gasteiger partial charge in [0.25, 0.3) is 0 Å². The number of hydrogen-bond donors (Lipinski definition) is 1. The molecule has 1 nitrogen and oxygen atoms in total. The minimum atomic E-state index is -0.854. The molecule has 1 aromatic rings. The van der Waals surface area contributed by atoms with Crippen LogP contribution in [-0.4, -0.2) is 22.7 Å². The topological polar surface area (TPSA) is 20.2 Å². The van der Waals surface area contributed by atoms with Crippen molar-refractivity contribution in [2.24, 2.45) is 0 Å². The molecule has 1 N–H and O–H groups in total. The molecule has 0 saturated heterocycles. The minimum Gasteiger partial charge on any atom is -0.393 e. The van der Waals surface area contributed by atoms with Gasteiger partial charge in [-0.2, -0.15) is 11.8 Å². The molecule has 90 valence electrons. The zero-order chi connectivity index (χ0) is 12.0. The lowest BCUT2D eigenvalue weighted by atomic mass is 10.1. The van der Waals surface area contributed by atoms with Crippen molar-refractivity contribution in [3.63, 3.8) is 0 Å². The zero-order valence-corrected chi connectivity index (χ0v) is 10.1. The lowest BCUT2D eigenvalue weighted by Gasteiger charge is -2.10. The van der Waals surface area contributed by atoms with Crippen molar-refractivity contribution in [1.29, 1.82) is 0 Å². The van der Waals surface area contributed by atoms with Gasteiger partial charge in [0.2, 0.25) is 0 Å². The highest BCUT2D eigenvalue weighted by atomic mass is 32.2. The quantitative estimate of drug-likeness (QED) is 0.779. The summed E-state index contributed by atoms with van der Waals surface area (Å²) >= 11 is 1.76. The van der Waals surface area contributed by atoms with Crippen LogP contribution in [0.15, 0.2) is 18.2 Å². The van der Waals surface area contributed by atoms with Crippen LogP contribution >= 0.6 is 11.8 Å². The van der Waals surface area contributed by atoms with Crippen LogP contribution in [0, 0.1) is 11.6 Å². The summed E-state index contributed by atoms with van der Waals surface area (Å²) in [6.45, 7) is 2.06. The maximum atomic E-state index is 12.9. The Balaban J connectivity index is 2.43. The smallest absolute Gasteiger partial charge is 0.159 e. The van der Waals surface area contributed by atoms with Gasteiger partial charge in [-0.15, -0.1) is 0 Å². The second-order valence-electron chi connectivity index (χ2n) is 3.59. The van der Waals surface area contributed by atoms with Crippen molar-refractivity contribution in [2.75, 3.05) is 11.5 Å². The van der Waals surface area contributed by atoms with E-state index in [1.807, 2.05) is 0 Å². The molecule has 0 fully saturated rings. The minimum absolute atomic E-state index is 0.376. The summed E-state index contributed by atoms with van der Waals surface area (Å²) in [4.78, 5) is 0. The summed E-state index contributed by atoms with van der Waals surface area (Å²) in [5.41, 5.74) is 0.632. The molecular formula is C12H16F2OS. The molecule has 0 heterocycles. The Labute approximate surface area is 98.9 Å². The van der Waals surface area contributed by atoms with Crippen molar-refractivity contribution in [3.8, 4) is 0 Å². The van der Waals surface area contributed by atoms with Gasteiger partial charge in [0.05, 0.1) is 6.10 Å². The Kier molecular flexibility index (Phi) is 5.77. The number of aliphatic hydroxyl groups is 1. The first-order valence-electron chi connectivity index (χ1n) is 5.33. The van der Waals surface area contributed by atoms with Gasteiger partial charge in [-0.05, 0) is 42.0 Å². The largest absolute Gasteiger partial charge is 0.393 e. The van der Waals surface area contributed by atoms with Crippen LogP contribution in [0.4, 0.5) is 8.78 Å². The van der Waals surface area contributed by atoms with Gasteiger partial charge in [-0.1, -0.05) is 13.0 Å². The van der Waals surface area contributed by atoms with Gasteiger partial charge >= 0.3 is 0 Å². The fourth-order valence-electron chi connectivity index (χ4n) is 1.40. The van der Waals surface area contributed by atoms with Gasteiger partial charge in [0, 0.05) is 0 Å². The average molecular weight is 246 g/mol. The summed E-state index contributed by atoms with van der Waals surface area (Å²) in [5.74, 6) is 0.214. The fourth-order valence-corrected chi connectivity index (χ4v) is 2.13. The van der Waals surface area contributed by atoms with Crippen molar-refractivity contribution < 1.29 is 13.9 Å². The molecule has 0 aliphatic rings. The van der Waals surface area contributed by atoms with E-state index in [1.165, 1.54) is 6.07 Å².